The number of benzene rings is 1. The molecule has 1 amide bonds. The van der Waals surface area contributed by atoms with Crippen LogP contribution in [0.5, 0.6) is 0 Å². The van der Waals surface area contributed by atoms with Gasteiger partial charge in [0.25, 0.3) is 0 Å². The third kappa shape index (κ3) is 2.88. The Kier molecular flexibility index (Phi) is 4.06. The van der Waals surface area contributed by atoms with Crippen LogP contribution < -0.4 is 10.6 Å². The Labute approximate surface area is 121 Å². The number of hydrogen-bond acceptors (Lipinski definition) is 2. The highest BCUT2D eigenvalue weighted by Crippen LogP contribution is 2.30. The van der Waals surface area contributed by atoms with Crippen molar-refractivity contribution >= 4 is 11.6 Å². The highest BCUT2D eigenvalue weighted by Gasteiger charge is 2.25. The fourth-order valence-electron chi connectivity index (χ4n) is 3.41. The minimum absolute atomic E-state index is 0.212. The summed E-state index contributed by atoms with van der Waals surface area (Å²) in [5.41, 5.74) is 3.68. The minimum Gasteiger partial charge on any atom is -0.326 e. The van der Waals surface area contributed by atoms with Gasteiger partial charge in [0.1, 0.15) is 0 Å². The van der Waals surface area contributed by atoms with E-state index in [1.807, 2.05) is 12.1 Å². The first-order valence-electron chi connectivity index (χ1n) is 7.86. The topological polar surface area (TPSA) is 41.1 Å². The lowest BCUT2D eigenvalue weighted by Gasteiger charge is -2.26. The molecule has 1 aliphatic carbocycles. The van der Waals surface area contributed by atoms with E-state index in [-0.39, 0.29) is 11.8 Å². The average Bonchev–Trinajstić information content (AvgIpc) is 2.48. The van der Waals surface area contributed by atoms with Crippen LogP contribution in [0.3, 0.4) is 0 Å². The van der Waals surface area contributed by atoms with Gasteiger partial charge < -0.3 is 10.6 Å². The lowest BCUT2D eigenvalue weighted by atomic mass is 9.82. The molecule has 1 heterocycles. The van der Waals surface area contributed by atoms with Crippen molar-refractivity contribution in [1.82, 2.24) is 5.32 Å². The summed E-state index contributed by atoms with van der Waals surface area (Å²) in [5.74, 6) is 1.22. The molecule has 3 heteroatoms. The molecular weight excluding hydrogens is 248 g/mol. The van der Waals surface area contributed by atoms with Crippen molar-refractivity contribution in [2.24, 2.45) is 11.8 Å². The lowest BCUT2D eigenvalue weighted by molar-refractivity contribution is -0.121. The minimum atomic E-state index is 0.212. The fraction of sp³-hybridized carbons (Fsp3) is 0.588. The largest absolute Gasteiger partial charge is 0.326 e. The molecule has 0 spiro atoms. The predicted octanol–water partition coefficient (Wildman–Crippen LogP) is 3.10. The Morgan fingerprint density at radius 2 is 2.05 bits per heavy atom. The summed E-state index contributed by atoms with van der Waals surface area (Å²) >= 11 is 0. The van der Waals surface area contributed by atoms with Crippen molar-refractivity contribution in [3.63, 3.8) is 0 Å². The summed E-state index contributed by atoms with van der Waals surface area (Å²) < 4.78 is 0. The van der Waals surface area contributed by atoms with Gasteiger partial charge in [0.05, 0.1) is 0 Å². The van der Waals surface area contributed by atoms with Crippen molar-refractivity contribution in [1.29, 1.82) is 0 Å². The lowest BCUT2D eigenvalue weighted by Crippen LogP contribution is -2.29. The zero-order valence-corrected chi connectivity index (χ0v) is 12.2. The van der Waals surface area contributed by atoms with Crippen LogP contribution in [-0.2, 0) is 17.8 Å². The quantitative estimate of drug-likeness (QED) is 0.868. The molecule has 3 nitrogen and oxygen atoms in total. The number of nitrogens with one attached hydrogen (secondary N) is 2. The Morgan fingerprint density at radius 1 is 1.25 bits per heavy atom. The zero-order chi connectivity index (χ0) is 13.9. The fourth-order valence-corrected chi connectivity index (χ4v) is 3.41. The van der Waals surface area contributed by atoms with Crippen LogP contribution in [0.25, 0.3) is 0 Å². The second-order valence-electron chi connectivity index (χ2n) is 6.32. The van der Waals surface area contributed by atoms with Gasteiger partial charge in [-0.05, 0) is 61.8 Å². The Hall–Kier alpha value is -1.35. The number of hydrogen-bond donors (Lipinski definition) is 2. The van der Waals surface area contributed by atoms with Gasteiger partial charge in [0, 0.05) is 18.2 Å². The van der Waals surface area contributed by atoms with Crippen molar-refractivity contribution in [3.05, 3.63) is 29.3 Å². The summed E-state index contributed by atoms with van der Waals surface area (Å²) in [5, 5.41) is 6.56. The van der Waals surface area contributed by atoms with Crippen LogP contribution >= 0.6 is 0 Å². The molecule has 108 valence electrons. The van der Waals surface area contributed by atoms with Gasteiger partial charge in [-0.15, -0.1) is 0 Å². The monoisotopic (exact) mass is 272 g/mol. The number of anilines is 1. The molecule has 0 radical (unpaired) electrons. The maximum atomic E-state index is 12.4. The van der Waals surface area contributed by atoms with E-state index in [0.717, 1.165) is 44.0 Å². The van der Waals surface area contributed by atoms with E-state index < -0.39 is 0 Å². The van der Waals surface area contributed by atoms with Crippen LogP contribution in [0.1, 0.15) is 43.7 Å². The SMILES string of the molecule is CC1CCC(C(=O)Nc2cccc3c2CCNC3)CC1. The van der Waals surface area contributed by atoms with Crippen LogP contribution in [0.15, 0.2) is 18.2 Å². The Morgan fingerprint density at radius 3 is 2.85 bits per heavy atom. The Balaban J connectivity index is 1.70. The standard InChI is InChI=1S/C17H24N2O/c1-12-5-7-13(8-6-12)17(20)19-16-4-2-3-14-11-18-10-9-15(14)16/h2-4,12-13,18H,5-11H2,1H3,(H,19,20). The van der Waals surface area contributed by atoms with E-state index in [1.54, 1.807) is 0 Å². The number of carbonyl (C=O) groups excluding carboxylic acids is 1. The third-order valence-corrected chi connectivity index (χ3v) is 4.78. The van der Waals surface area contributed by atoms with Gasteiger partial charge in [-0.25, -0.2) is 0 Å². The van der Waals surface area contributed by atoms with Crippen LogP contribution in [-0.4, -0.2) is 12.5 Å². The molecule has 20 heavy (non-hydrogen) atoms. The molecule has 1 aromatic carbocycles. The maximum absolute atomic E-state index is 12.4. The summed E-state index contributed by atoms with van der Waals surface area (Å²) in [4.78, 5) is 12.4. The van der Waals surface area contributed by atoms with Gasteiger partial charge in [-0.3, -0.25) is 4.79 Å². The van der Waals surface area contributed by atoms with E-state index >= 15 is 0 Å². The maximum Gasteiger partial charge on any atom is 0.227 e. The van der Waals surface area contributed by atoms with Crippen molar-refractivity contribution in [3.8, 4) is 0 Å². The van der Waals surface area contributed by atoms with E-state index in [0.29, 0.717) is 0 Å². The number of fused-ring (bicyclic) bond motifs is 1. The predicted molar refractivity (Wildman–Crippen MR) is 81.6 cm³/mol. The van der Waals surface area contributed by atoms with E-state index in [1.165, 1.54) is 24.0 Å². The second kappa shape index (κ2) is 5.96. The van der Waals surface area contributed by atoms with E-state index in [4.69, 9.17) is 0 Å². The first-order chi connectivity index (χ1) is 9.74. The summed E-state index contributed by atoms with van der Waals surface area (Å²) in [7, 11) is 0. The van der Waals surface area contributed by atoms with Crippen LogP contribution in [0.4, 0.5) is 5.69 Å². The molecule has 0 bridgehead atoms. The number of amides is 1. The number of rotatable bonds is 2. The molecule has 0 unspecified atom stereocenters. The normalized spacial score (nSPS) is 25.9. The highest BCUT2D eigenvalue weighted by molar-refractivity contribution is 5.93. The molecule has 1 aromatic rings. The van der Waals surface area contributed by atoms with Gasteiger partial charge >= 0.3 is 0 Å². The van der Waals surface area contributed by atoms with Gasteiger partial charge in [0.2, 0.25) is 5.91 Å². The zero-order valence-electron chi connectivity index (χ0n) is 12.2. The van der Waals surface area contributed by atoms with Gasteiger partial charge in [-0.1, -0.05) is 19.1 Å². The number of carbonyl (C=O) groups is 1. The van der Waals surface area contributed by atoms with Gasteiger partial charge in [-0.2, -0.15) is 0 Å². The molecule has 0 atom stereocenters. The molecule has 3 rings (SSSR count). The summed E-state index contributed by atoms with van der Waals surface area (Å²) in [6, 6.07) is 6.25. The van der Waals surface area contributed by atoms with E-state index in [9.17, 15) is 4.79 Å². The smallest absolute Gasteiger partial charge is 0.227 e. The molecule has 2 aliphatic rings. The molecule has 1 fully saturated rings. The van der Waals surface area contributed by atoms with Crippen molar-refractivity contribution < 1.29 is 4.79 Å². The first-order valence-corrected chi connectivity index (χ1v) is 7.86. The first kappa shape index (κ1) is 13.6. The molecule has 0 saturated heterocycles. The van der Waals surface area contributed by atoms with Crippen molar-refractivity contribution in [2.45, 2.75) is 45.6 Å². The Bertz CT molecular complexity index is 490. The van der Waals surface area contributed by atoms with Gasteiger partial charge in [0.15, 0.2) is 0 Å². The van der Waals surface area contributed by atoms with Crippen LogP contribution in [0, 0.1) is 11.8 Å². The van der Waals surface area contributed by atoms with Crippen LogP contribution in [0.2, 0.25) is 0 Å². The summed E-state index contributed by atoms with van der Waals surface area (Å²) in [6.07, 6.45) is 5.48. The molecule has 1 aliphatic heterocycles. The second-order valence-corrected chi connectivity index (χ2v) is 6.32. The van der Waals surface area contributed by atoms with Crippen molar-refractivity contribution in [2.75, 3.05) is 11.9 Å². The molecular formula is C17H24N2O. The molecule has 1 saturated carbocycles. The third-order valence-electron chi connectivity index (χ3n) is 4.78. The molecule has 2 N–H and O–H groups in total. The highest BCUT2D eigenvalue weighted by atomic mass is 16.1. The average molecular weight is 272 g/mol. The summed E-state index contributed by atoms with van der Waals surface area (Å²) in [6.45, 7) is 4.20. The molecule has 0 aromatic heterocycles. The van der Waals surface area contributed by atoms with E-state index in [2.05, 4.69) is 23.6 Å².